The highest BCUT2D eigenvalue weighted by Gasteiger charge is 2.17. The van der Waals surface area contributed by atoms with Gasteiger partial charge in [0.2, 0.25) is 0 Å². The third-order valence-corrected chi connectivity index (χ3v) is 6.98. The van der Waals surface area contributed by atoms with Crippen molar-refractivity contribution in [3.05, 3.63) is 69.5 Å². The van der Waals surface area contributed by atoms with E-state index in [1.165, 1.54) is 11.1 Å². The summed E-state index contributed by atoms with van der Waals surface area (Å²) < 4.78 is 13.2. The van der Waals surface area contributed by atoms with Crippen LogP contribution in [0, 0.1) is 20.8 Å². The van der Waals surface area contributed by atoms with Gasteiger partial charge < -0.3 is 14.0 Å². The van der Waals surface area contributed by atoms with E-state index in [9.17, 15) is 4.79 Å². The Morgan fingerprint density at radius 2 is 2.03 bits per heavy atom. The fraction of sp³-hybridized carbons (Fsp3) is 0.320. The number of carbonyl (C=O) groups excluding carboxylic acids is 1. The van der Waals surface area contributed by atoms with Crippen molar-refractivity contribution in [3.63, 3.8) is 0 Å². The molecule has 2 aromatic carbocycles. The van der Waals surface area contributed by atoms with E-state index in [2.05, 4.69) is 41.6 Å². The highest BCUT2D eigenvalue weighted by Crippen LogP contribution is 2.31. The van der Waals surface area contributed by atoms with E-state index >= 15 is 0 Å². The molecule has 164 valence electrons. The number of thiazole rings is 1. The van der Waals surface area contributed by atoms with Gasteiger partial charge in [0.05, 0.1) is 29.8 Å². The molecule has 0 amide bonds. The summed E-state index contributed by atoms with van der Waals surface area (Å²) >= 11 is 1.56. The fourth-order valence-corrected chi connectivity index (χ4v) is 5.24. The summed E-state index contributed by atoms with van der Waals surface area (Å²) in [6.07, 6.45) is 0.229. The predicted molar refractivity (Wildman–Crippen MR) is 125 cm³/mol. The van der Waals surface area contributed by atoms with Crippen molar-refractivity contribution in [3.8, 4) is 10.6 Å². The van der Waals surface area contributed by atoms with Crippen LogP contribution < -0.4 is 0 Å². The zero-order valence-electron chi connectivity index (χ0n) is 18.5. The topological polar surface area (TPSA) is 66.2 Å². The number of rotatable bonds is 5. The van der Waals surface area contributed by atoms with Crippen molar-refractivity contribution in [2.24, 2.45) is 0 Å². The van der Waals surface area contributed by atoms with E-state index in [0.717, 1.165) is 50.1 Å². The van der Waals surface area contributed by atoms with Gasteiger partial charge >= 0.3 is 5.97 Å². The molecule has 6 nitrogen and oxygen atoms in total. The fourth-order valence-electron chi connectivity index (χ4n) is 4.10. The van der Waals surface area contributed by atoms with Crippen LogP contribution in [0.1, 0.15) is 33.1 Å². The van der Waals surface area contributed by atoms with Crippen LogP contribution in [0.25, 0.3) is 21.6 Å². The minimum Gasteiger partial charge on any atom is -0.461 e. The SMILES string of the molecule is Cc1ccc(-c2nc(C)c(CC(=O)OCc3ccc4c(c3)nc3n4CCOC3)s2)c(C)c1. The summed E-state index contributed by atoms with van der Waals surface area (Å²) in [6.45, 7) is 8.42. The summed E-state index contributed by atoms with van der Waals surface area (Å²) in [4.78, 5) is 22.8. The maximum Gasteiger partial charge on any atom is 0.311 e. The van der Waals surface area contributed by atoms with Gasteiger partial charge in [0.1, 0.15) is 24.0 Å². The highest BCUT2D eigenvalue weighted by atomic mass is 32.1. The molecule has 0 bridgehead atoms. The Balaban J connectivity index is 1.26. The van der Waals surface area contributed by atoms with E-state index in [1.807, 2.05) is 25.1 Å². The average Bonchev–Trinajstić information content (AvgIpc) is 3.32. The molecule has 5 rings (SSSR count). The first kappa shape index (κ1) is 20.8. The number of benzene rings is 2. The maximum absolute atomic E-state index is 12.5. The lowest BCUT2D eigenvalue weighted by Gasteiger charge is -2.14. The molecule has 1 aliphatic rings. The number of fused-ring (bicyclic) bond motifs is 3. The Hall–Kier alpha value is -3.03. The molecule has 7 heteroatoms. The van der Waals surface area contributed by atoms with Gasteiger partial charge in [-0.3, -0.25) is 4.79 Å². The molecule has 4 aromatic rings. The second-order valence-electron chi connectivity index (χ2n) is 8.24. The summed E-state index contributed by atoms with van der Waals surface area (Å²) in [5, 5.41) is 0.945. The number of hydrogen-bond acceptors (Lipinski definition) is 6. The van der Waals surface area contributed by atoms with Crippen LogP contribution in [-0.2, 0) is 40.4 Å². The molecule has 0 spiro atoms. The first-order valence-corrected chi connectivity index (χ1v) is 11.5. The zero-order valence-corrected chi connectivity index (χ0v) is 19.3. The number of carbonyl (C=O) groups is 1. The number of esters is 1. The van der Waals surface area contributed by atoms with Crippen molar-refractivity contribution >= 4 is 28.3 Å². The van der Waals surface area contributed by atoms with Crippen molar-refractivity contribution in [2.45, 2.75) is 47.0 Å². The number of hydrogen-bond donors (Lipinski definition) is 0. The summed E-state index contributed by atoms with van der Waals surface area (Å²) in [5.41, 5.74) is 7.35. The van der Waals surface area contributed by atoms with E-state index in [4.69, 9.17) is 14.5 Å². The molecular weight excluding hydrogens is 422 g/mol. The highest BCUT2D eigenvalue weighted by molar-refractivity contribution is 7.15. The summed E-state index contributed by atoms with van der Waals surface area (Å²) in [7, 11) is 0. The van der Waals surface area contributed by atoms with Gasteiger partial charge in [-0.15, -0.1) is 11.3 Å². The van der Waals surface area contributed by atoms with Gasteiger partial charge in [0.25, 0.3) is 0 Å². The quantitative estimate of drug-likeness (QED) is 0.407. The molecule has 0 radical (unpaired) electrons. The minimum absolute atomic E-state index is 0.229. The van der Waals surface area contributed by atoms with Gasteiger partial charge in [-0.2, -0.15) is 0 Å². The lowest BCUT2D eigenvalue weighted by Crippen LogP contribution is -2.16. The molecule has 0 saturated heterocycles. The first-order chi connectivity index (χ1) is 15.5. The zero-order chi connectivity index (χ0) is 22.2. The molecule has 1 aliphatic heterocycles. The Labute approximate surface area is 190 Å². The first-order valence-electron chi connectivity index (χ1n) is 10.7. The molecular formula is C25H25N3O3S. The van der Waals surface area contributed by atoms with Gasteiger partial charge in [-0.05, 0) is 44.0 Å². The van der Waals surface area contributed by atoms with Crippen LogP contribution in [0.3, 0.4) is 0 Å². The lowest BCUT2D eigenvalue weighted by molar-refractivity contribution is -0.144. The van der Waals surface area contributed by atoms with Crippen LogP contribution in [0.4, 0.5) is 0 Å². The molecule has 0 atom stereocenters. The van der Waals surface area contributed by atoms with Crippen molar-refractivity contribution in [1.29, 1.82) is 0 Å². The molecule has 0 fully saturated rings. The Bertz CT molecular complexity index is 1320. The van der Waals surface area contributed by atoms with Crippen molar-refractivity contribution < 1.29 is 14.3 Å². The Morgan fingerprint density at radius 3 is 2.88 bits per heavy atom. The molecule has 2 aromatic heterocycles. The van der Waals surface area contributed by atoms with Crippen molar-refractivity contribution in [1.82, 2.24) is 14.5 Å². The number of imidazole rings is 1. The van der Waals surface area contributed by atoms with Gasteiger partial charge in [-0.25, -0.2) is 9.97 Å². The predicted octanol–water partition coefficient (Wildman–Crippen LogP) is 4.90. The van der Waals surface area contributed by atoms with E-state index in [-0.39, 0.29) is 19.0 Å². The lowest BCUT2D eigenvalue weighted by atomic mass is 10.1. The second kappa shape index (κ2) is 8.48. The van der Waals surface area contributed by atoms with E-state index in [1.54, 1.807) is 11.3 Å². The summed E-state index contributed by atoms with van der Waals surface area (Å²) in [5.74, 6) is 0.697. The molecule has 0 saturated carbocycles. The Kier molecular flexibility index (Phi) is 5.53. The molecule has 0 unspecified atom stereocenters. The third kappa shape index (κ3) is 4.06. The van der Waals surface area contributed by atoms with Gasteiger partial charge in [-0.1, -0.05) is 29.8 Å². The normalized spacial score (nSPS) is 13.3. The largest absolute Gasteiger partial charge is 0.461 e. The van der Waals surface area contributed by atoms with Gasteiger partial charge in [0, 0.05) is 17.0 Å². The smallest absolute Gasteiger partial charge is 0.311 e. The second-order valence-corrected chi connectivity index (χ2v) is 9.32. The molecule has 3 heterocycles. The number of aryl methyl sites for hydroxylation is 3. The van der Waals surface area contributed by atoms with Crippen LogP contribution in [0.5, 0.6) is 0 Å². The van der Waals surface area contributed by atoms with Crippen LogP contribution in [0.2, 0.25) is 0 Å². The van der Waals surface area contributed by atoms with E-state index in [0.29, 0.717) is 13.2 Å². The Morgan fingerprint density at radius 1 is 1.16 bits per heavy atom. The van der Waals surface area contributed by atoms with Crippen molar-refractivity contribution in [2.75, 3.05) is 6.61 Å². The van der Waals surface area contributed by atoms with E-state index < -0.39 is 0 Å². The monoisotopic (exact) mass is 447 g/mol. The number of aromatic nitrogens is 3. The summed E-state index contributed by atoms with van der Waals surface area (Å²) in [6, 6.07) is 12.4. The number of nitrogens with zero attached hydrogens (tertiary/aromatic N) is 3. The van der Waals surface area contributed by atoms with Crippen LogP contribution >= 0.6 is 11.3 Å². The van der Waals surface area contributed by atoms with Crippen LogP contribution in [-0.4, -0.2) is 27.1 Å². The maximum atomic E-state index is 12.5. The number of ether oxygens (including phenoxy) is 2. The average molecular weight is 448 g/mol. The molecule has 32 heavy (non-hydrogen) atoms. The molecule has 0 N–H and O–H groups in total. The minimum atomic E-state index is -0.249. The molecule has 0 aliphatic carbocycles. The third-order valence-electron chi connectivity index (χ3n) is 5.79. The van der Waals surface area contributed by atoms with Gasteiger partial charge in [0.15, 0.2) is 0 Å². The standard InChI is InChI=1S/C25H25N3O3S/c1-15-4-6-19(16(2)10-15)25-26-17(3)22(32-25)12-24(29)31-13-18-5-7-21-20(11-18)27-23-14-30-9-8-28(21)23/h4-7,10-11H,8-9,12-14H2,1-3H3. The van der Waals surface area contributed by atoms with Crippen LogP contribution in [0.15, 0.2) is 36.4 Å².